The lowest BCUT2D eigenvalue weighted by Gasteiger charge is -2.20. The van der Waals surface area contributed by atoms with Crippen LogP contribution in [-0.4, -0.2) is 0 Å². The molecule has 0 unspecified atom stereocenters. The van der Waals surface area contributed by atoms with E-state index in [9.17, 15) is 0 Å². The van der Waals surface area contributed by atoms with Crippen LogP contribution in [0.3, 0.4) is 0 Å². The molecule has 0 aromatic heterocycles. The molecule has 0 nitrogen and oxygen atoms in total. The maximum absolute atomic E-state index is 2.53. The van der Waals surface area contributed by atoms with Gasteiger partial charge in [-0.05, 0) is 115 Å². The molecule has 0 spiro atoms. The van der Waals surface area contributed by atoms with E-state index in [2.05, 4.69) is 106 Å². The van der Waals surface area contributed by atoms with Crippen LogP contribution in [0.2, 0.25) is 0 Å². The van der Waals surface area contributed by atoms with Gasteiger partial charge in [-0.25, -0.2) is 0 Å². The van der Waals surface area contributed by atoms with Gasteiger partial charge in [-0.3, -0.25) is 0 Å². The largest absolute Gasteiger partial charge is 0.0619 e. The highest BCUT2D eigenvalue weighted by molar-refractivity contribution is 6.25. The van der Waals surface area contributed by atoms with Gasteiger partial charge in [-0.1, -0.05) is 112 Å². The van der Waals surface area contributed by atoms with E-state index in [0.29, 0.717) is 5.92 Å². The van der Waals surface area contributed by atoms with Gasteiger partial charge in [0.1, 0.15) is 0 Å². The van der Waals surface area contributed by atoms with Gasteiger partial charge in [-0.15, -0.1) is 0 Å². The van der Waals surface area contributed by atoms with Crippen molar-refractivity contribution in [2.24, 2.45) is 0 Å². The fourth-order valence-electron chi connectivity index (χ4n) is 7.62. The van der Waals surface area contributed by atoms with E-state index < -0.39 is 0 Å². The molecule has 0 atom stereocenters. The summed E-state index contributed by atoms with van der Waals surface area (Å²) in [7, 11) is 0. The summed E-state index contributed by atoms with van der Waals surface area (Å²) in [6.45, 7) is 6.92. The Bertz CT molecular complexity index is 1750. The van der Waals surface area contributed by atoms with Crippen LogP contribution in [0.25, 0.3) is 43.4 Å². The number of fused-ring (bicyclic) bond motifs is 3. The van der Waals surface area contributed by atoms with Crippen molar-refractivity contribution in [1.82, 2.24) is 0 Å². The first-order chi connectivity index (χ1) is 19.2. The average molecular weight is 507 g/mol. The zero-order chi connectivity index (χ0) is 26.5. The molecule has 0 aliphatic heterocycles. The molecule has 6 aromatic rings. The Morgan fingerprint density at radius 2 is 0.923 bits per heavy atom. The van der Waals surface area contributed by atoms with Gasteiger partial charge in [0, 0.05) is 5.92 Å². The van der Waals surface area contributed by atoms with E-state index in [0.717, 1.165) is 25.7 Å². The molecule has 194 valence electrons. The van der Waals surface area contributed by atoms with Crippen molar-refractivity contribution in [3.8, 4) is 11.1 Å². The van der Waals surface area contributed by atoms with Gasteiger partial charge in [-0.2, -0.15) is 0 Å². The summed E-state index contributed by atoms with van der Waals surface area (Å²) in [6, 6.07) is 32.8. The lowest BCUT2D eigenvalue weighted by atomic mass is 9.84. The standard InChI is InChI=1S/C39H38/c1-4-25-23-26(5-2)30-21-22-32-28(24-27(6-3)31-20-19-29(25)38(30)39(31)32)13-7-8-14-33-34-15-9-11-17-36(34)37-18-12-10-16-35(33)37/h9-12,15-24,33H,4-8,13-14H2,1-3H3. The first-order valence-electron chi connectivity index (χ1n) is 15.2. The van der Waals surface area contributed by atoms with Crippen molar-refractivity contribution >= 4 is 32.3 Å². The molecule has 0 heterocycles. The summed E-state index contributed by atoms with van der Waals surface area (Å²) in [5.74, 6) is 0.532. The number of hydrogen-bond acceptors (Lipinski definition) is 0. The van der Waals surface area contributed by atoms with Crippen LogP contribution in [0.15, 0.2) is 84.9 Å². The molecule has 7 rings (SSSR count). The molecule has 0 saturated heterocycles. The predicted octanol–water partition coefficient (Wildman–Crippen LogP) is 10.8. The van der Waals surface area contributed by atoms with Crippen LogP contribution in [0.1, 0.15) is 79.3 Å². The van der Waals surface area contributed by atoms with Crippen LogP contribution in [0.5, 0.6) is 0 Å². The molecule has 6 aromatic carbocycles. The Morgan fingerprint density at radius 3 is 1.41 bits per heavy atom. The molecule has 1 aliphatic carbocycles. The van der Waals surface area contributed by atoms with Crippen LogP contribution in [0, 0.1) is 0 Å². The molecule has 0 amide bonds. The van der Waals surface area contributed by atoms with Crippen LogP contribution >= 0.6 is 0 Å². The first kappa shape index (κ1) is 24.4. The Morgan fingerprint density at radius 1 is 0.487 bits per heavy atom. The molecular weight excluding hydrogens is 468 g/mol. The normalized spacial score (nSPS) is 13.1. The van der Waals surface area contributed by atoms with Crippen molar-refractivity contribution in [2.45, 2.75) is 71.6 Å². The van der Waals surface area contributed by atoms with Crippen LogP contribution < -0.4 is 0 Å². The summed E-state index contributed by atoms with van der Waals surface area (Å²) < 4.78 is 0. The van der Waals surface area contributed by atoms with Crippen molar-refractivity contribution in [2.75, 3.05) is 0 Å². The maximum Gasteiger partial charge on any atom is 0.0102 e. The van der Waals surface area contributed by atoms with E-state index in [1.165, 1.54) is 90.5 Å². The van der Waals surface area contributed by atoms with Crippen molar-refractivity contribution in [3.63, 3.8) is 0 Å². The summed E-state index contributed by atoms with van der Waals surface area (Å²) in [4.78, 5) is 0. The third kappa shape index (κ3) is 3.80. The third-order valence-corrected chi connectivity index (χ3v) is 9.54. The minimum absolute atomic E-state index is 0.532. The molecule has 1 aliphatic rings. The molecule has 0 heteroatoms. The summed E-state index contributed by atoms with van der Waals surface area (Å²) in [5.41, 5.74) is 12.0. The van der Waals surface area contributed by atoms with E-state index in [-0.39, 0.29) is 0 Å². The van der Waals surface area contributed by atoms with Crippen LogP contribution in [-0.2, 0) is 25.7 Å². The monoisotopic (exact) mass is 506 g/mol. The second-order valence-electron chi connectivity index (χ2n) is 11.5. The molecule has 0 bridgehead atoms. The SMILES string of the molecule is CCc1cc(CC)c2ccc3c(CCCCC4c5ccccc5-c5ccccc54)cc(CC)c4ccc1c2c43. The number of benzene rings is 6. The minimum atomic E-state index is 0.532. The van der Waals surface area contributed by atoms with E-state index >= 15 is 0 Å². The third-order valence-electron chi connectivity index (χ3n) is 9.54. The maximum atomic E-state index is 2.53. The van der Waals surface area contributed by atoms with Gasteiger partial charge in [0.25, 0.3) is 0 Å². The van der Waals surface area contributed by atoms with Gasteiger partial charge in [0.15, 0.2) is 0 Å². The Labute approximate surface area is 233 Å². The van der Waals surface area contributed by atoms with E-state index in [1.807, 2.05) is 0 Å². The zero-order valence-electron chi connectivity index (χ0n) is 23.6. The van der Waals surface area contributed by atoms with Gasteiger partial charge >= 0.3 is 0 Å². The second kappa shape index (κ2) is 9.83. The van der Waals surface area contributed by atoms with Crippen molar-refractivity contribution in [1.29, 1.82) is 0 Å². The fourth-order valence-corrected chi connectivity index (χ4v) is 7.62. The van der Waals surface area contributed by atoms with Crippen LogP contribution in [0.4, 0.5) is 0 Å². The Balaban J connectivity index is 1.23. The lowest BCUT2D eigenvalue weighted by Crippen LogP contribution is -2.00. The number of hydrogen-bond donors (Lipinski definition) is 0. The average Bonchev–Trinajstić information content (AvgIpc) is 3.31. The first-order valence-corrected chi connectivity index (χ1v) is 15.2. The topological polar surface area (TPSA) is 0 Å². The van der Waals surface area contributed by atoms with Gasteiger partial charge in [0.2, 0.25) is 0 Å². The molecule has 0 fully saturated rings. The molecule has 0 saturated carbocycles. The van der Waals surface area contributed by atoms with E-state index in [4.69, 9.17) is 0 Å². The highest BCUT2D eigenvalue weighted by Crippen LogP contribution is 2.47. The summed E-state index contributed by atoms with van der Waals surface area (Å²) in [6.07, 6.45) is 8.10. The molecule has 0 radical (unpaired) electrons. The fraction of sp³-hybridized carbons (Fsp3) is 0.282. The van der Waals surface area contributed by atoms with Gasteiger partial charge in [0.05, 0.1) is 0 Å². The molecule has 39 heavy (non-hydrogen) atoms. The Hall–Kier alpha value is -3.64. The summed E-state index contributed by atoms with van der Waals surface area (Å²) in [5, 5.41) is 8.89. The highest BCUT2D eigenvalue weighted by Gasteiger charge is 2.27. The summed E-state index contributed by atoms with van der Waals surface area (Å²) >= 11 is 0. The number of rotatable bonds is 8. The Kier molecular flexibility index (Phi) is 6.15. The van der Waals surface area contributed by atoms with E-state index in [1.54, 1.807) is 5.56 Å². The van der Waals surface area contributed by atoms with Crippen molar-refractivity contribution < 1.29 is 0 Å². The van der Waals surface area contributed by atoms with Crippen molar-refractivity contribution in [3.05, 3.63) is 118 Å². The molecule has 0 N–H and O–H groups in total. The minimum Gasteiger partial charge on any atom is -0.0619 e. The number of unbranched alkanes of at least 4 members (excludes halogenated alkanes) is 1. The highest BCUT2D eigenvalue weighted by atomic mass is 14.3. The second-order valence-corrected chi connectivity index (χ2v) is 11.5. The lowest BCUT2D eigenvalue weighted by molar-refractivity contribution is 0.634. The number of aryl methyl sites for hydroxylation is 4. The quantitative estimate of drug-likeness (QED) is 0.142. The zero-order valence-corrected chi connectivity index (χ0v) is 23.6. The smallest absolute Gasteiger partial charge is 0.0102 e. The predicted molar refractivity (Wildman–Crippen MR) is 170 cm³/mol. The molecular formula is C39H38. The van der Waals surface area contributed by atoms with Gasteiger partial charge < -0.3 is 0 Å².